The number of nitrogens with zero attached hydrogens (tertiary/aromatic N) is 3. The summed E-state index contributed by atoms with van der Waals surface area (Å²) in [6.07, 6.45) is 2.71. The third kappa shape index (κ3) is 4.21. The van der Waals surface area contributed by atoms with Crippen LogP contribution in [0.1, 0.15) is 6.42 Å². The minimum Gasteiger partial charge on any atom is -0.324 e. The van der Waals surface area contributed by atoms with E-state index in [4.69, 9.17) is 9.79 Å². The third-order valence-corrected chi connectivity index (χ3v) is 6.46. The van der Waals surface area contributed by atoms with E-state index in [1.807, 2.05) is 0 Å². The highest BCUT2D eigenvalue weighted by Gasteiger charge is 2.24. The van der Waals surface area contributed by atoms with Crippen molar-refractivity contribution in [2.24, 2.45) is 0 Å². The molecule has 0 radical (unpaired) electrons. The largest absolute Gasteiger partial charge is 0.340 e. The number of aromatic amines is 1. The average Bonchev–Trinajstić information content (AvgIpc) is 2.71. The molecule has 0 aliphatic heterocycles. The summed E-state index contributed by atoms with van der Waals surface area (Å²) in [6.45, 7) is 0.216. The van der Waals surface area contributed by atoms with Gasteiger partial charge in [0.05, 0.1) is 18.4 Å². The maximum absolute atomic E-state index is 11.5. The smallest absolute Gasteiger partial charge is 0.324 e. The number of rotatable bonds is 6. The Morgan fingerprint density at radius 2 is 2.05 bits per heavy atom. The van der Waals surface area contributed by atoms with Crippen molar-refractivity contribution in [1.29, 1.82) is 0 Å². The van der Waals surface area contributed by atoms with Gasteiger partial charge in [-0.1, -0.05) is 0 Å². The number of aromatic nitrogens is 4. The first-order chi connectivity index (χ1) is 9.68. The maximum Gasteiger partial charge on any atom is 0.340 e. The molecule has 116 valence electrons. The molecule has 2 rings (SSSR count). The number of nitrogens with one attached hydrogen (secondary N) is 1. The van der Waals surface area contributed by atoms with E-state index in [1.54, 1.807) is 0 Å². The number of hydrogen-bond donors (Lipinski definition) is 3. The SMILES string of the molecule is O=c1[nH]cnc2c1ncn2CCCS(=O)(=O)CP(=O)(O)O. The maximum atomic E-state index is 11.5. The quantitative estimate of drug-likeness (QED) is 0.571. The molecule has 2 aromatic heterocycles. The number of sulfone groups is 1. The van der Waals surface area contributed by atoms with Gasteiger partial charge in [-0.15, -0.1) is 0 Å². The van der Waals surface area contributed by atoms with Gasteiger partial charge in [-0.3, -0.25) is 9.36 Å². The Bertz CT molecular complexity index is 850. The summed E-state index contributed by atoms with van der Waals surface area (Å²) < 4.78 is 35.2. The van der Waals surface area contributed by atoms with Gasteiger partial charge in [-0.2, -0.15) is 0 Å². The van der Waals surface area contributed by atoms with E-state index in [0.717, 1.165) is 0 Å². The first-order valence-electron chi connectivity index (χ1n) is 5.81. The van der Waals surface area contributed by atoms with Crippen LogP contribution in [-0.2, 0) is 20.9 Å². The van der Waals surface area contributed by atoms with Crippen molar-refractivity contribution in [3.63, 3.8) is 0 Å². The van der Waals surface area contributed by atoms with Gasteiger partial charge in [0.2, 0.25) is 0 Å². The molecule has 21 heavy (non-hydrogen) atoms. The summed E-state index contributed by atoms with van der Waals surface area (Å²) >= 11 is 0. The number of H-pyrrole nitrogens is 1. The molecule has 0 amide bonds. The summed E-state index contributed by atoms with van der Waals surface area (Å²) in [5.41, 5.74) is -1.09. The molecule has 0 unspecified atom stereocenters. The van der Waals surface area contributed by atoms with E-state index < -0.39 is 28.5 Å². The monoisotopic (exact) mass is 336 g/mol. The normalized spacial score (nSPS) is 12.9. The van der Waals surface area contributed by atoms with Crippen LogP contribution in [0.25, 0.3) is 11.2 Å². The molecule has 0 fully saturated rings. The van der Waals surface area contributed by atoms with Crippen LogP contribution in [0.2, 0.25) is 0 Å². The second kappa shape index (κ2) is 5.68. The molecule has 0 spiro atoms. The van der Waals surface area contributed by atoms with Crippen LogP contribution in [0.4, 0.5) is 0 Å². The van der Waals surface area contributed by atoms with Crippen molar-refractivity contribution in [3.05, 3.63) is 23.0 Å². The average molecular weight is 336 g/mol. The number of aryl methyl sites for hydroxylation is 1. The highest BCUT2D eigenvalue weighted by Crippen LogP contribution is 2.36. The first-order valence-corrected chi connectivity index (χ1v) is 9.43. The molecule has 0 atom stereocenters. The minimum atomic E-state index is -4.60. The van der Waals surface area contributed by atoms with E-state index >= 15 is 0 Å². The van der Waals surface area contributed by atoms with E-state index in [0.29, 0.717) is 5.65 Å². The molecule has 10 nitrogen and oxygen atoms in total. The van der Waals surface area contributed by atoms with Gasteiger partial charge >= 0.3 is 7.60 Å². The van der Waals surface area contributed by atoms with Gasteiger partial charge < -0.3 is 19.3 Å². The van der Waals surface area contributed by atoms with Crippen molar-refractivity contribution in [1.82, 2.24) is 19.5 Å². The molecule has 2 aromatic rings. The zero-order valence-electron chi connectivity index (χ0n) is 10.7. The fraction of sp³-hybridized carbons (Fsp3) is 0.444. The highest BCUT2D eigenvalue weighted by molar-refractivity contribution is 7.97. The Morgan fingerprint density at radius 1 is 1.33 bits per heavy atom. The lowest BCUT2D eigenvalue weighted by molar-refractivity contribution is 0.378. The molecule has 0 bridgehead atoms. The first kappa shape index (κ1) is 15.8. The van der Waals surface area contributed by atoms with Crippen molar-refractivity contribution < 1.29 is 22.8 Å². The number of imidazole rings is 1. The predicted octanol–water partition coefficient (Wildman–Crippen LogP) is -0.940. The lowest BCUT2D eigenvalue weighted by atomic mass is 10.4. The standard InChI is InChI=1S/C9H13N4O6PS/c14-9-7-8(10-4-11-9)13(5-12-7)2-1-3-21(18,19)6-20(15,16)17/h4-5H,1-3,6H2,(H,10,11,14)(H2,15,16,17). The molecule has 3 N–H and O–H groups in total. The molecule has 2 heterocycles. The van der Waals surface area contributed by atoms with Crippen molar-refractivity contribution in [2.75, 3.05) is 11.2 Å². The fourth-order valence-corrected chi connectivity index (χ4v) is 4.97. The molecule has 0 aliphatic carbocycles. The van der Waals surface area contributed by atoms with Gasteiger partial charge in [-0.25, -0.2) is 18.4 Å². The Morgan fingerprint density at radius 3 is 2.71 bits per heavy atom. The second-order valence-electron chi connectivity index (χ2n) is 4.44. The van der Waals surface area contributed by atoms with Gasteiger partial charge in [-0.05, 0) is 6.42 Å². The lowest BCUT2D eigenvalue weighted by Crippen LogP contribution is -2.13. The molecular weight excluding hydrogens is 323 g/mol. The summed E-state index contributed by atoms with van der Waals surface area (Å²) in [4.78, 5) is 39.0. The molecule has 0 aromatic carbocycles. The summed E-state index contributed by atoms with van der Waals surface area (Å²) in [7, 11) is -8.44. The van der Waals surface area contributed by atoms with Gasteiger partial charge in [0.15, 0.2) is 26.5 Å². The topological polar surface area (TPSA) is 155 Å². The van der Waals surface area contributed by atoms with Gasteiger partial charge in [0, 0.05) is 6.54 Å². The van der Waals surface area contributed by atoms with E-state index in [2.05, 4.69) is 15.0 Å². The fourth-order valence-electron chi connectivity index (χ4n) is 1.83. The Hall–Kier alpha value is -1.55. The molecule has 0 aliphatic rings. The van der Waals surface area contributed by atoms with E-state index in [1.165, 1.54) is 17.2 Å². The Balaban J connectivity index is 2.05. The predicted molar refractivity (Wildman–Crippen MR) is 73.5 cm³/mol. The van der Waals surface area contributed by atoms with Crippen LogP contribution in [0, 0.1) is 0 Å². The van der Waals surface area contributed by atoms with Crippen molar-refractivity contribution in [2.45, 2.75) is 13.0 Å². The highest BCUT2D eigenvalue weighted by atomic mass is 32.2. The molecular formula is C9H13N4O6PS. The zero-order chi connectivity index (χ0) is 15.7. The third-order valence-electron chi connectivity index (χ3n) is 2.63. The van der Waals surface area contributed by atoms with E-state index in [-0.39, 0.29) is 24.2 Å². The number of hydrogen-bond acceptors (Lipinski definition) is 6. The molecule has 0 saturated carbocycles. The second-order valence-corrected chi connectivity index (χ2v) is 8.69. The Kier molecular flexibility index (Phi) is 4.28. The van der Waals surface area contributed by atoms with Crippen molar-refractivity contribution in [3.8, 4) is 0 Å². The Labute approximate surface area is 118 Å². The van der Waals surface area contributed by atoms with Crippen LogP contribution >= 0.6 is 7.60 Å². The minimum absolute atomic E-state index is 0.127. The zero-order valence-corrected chi connectivity index (χ0v) is 12.4. The number of fused-ring (bicyclic) bond motifs is 1. The summed E-state index contributed by atoms with van der Waals surface area (Å²) in [5, 5.41) is 0. The van der Waals surface area contributed by atoms with Crippen LogP contribution in [-0.4, -0.2) is 49.0 Å². The van der Waals surface area contributed by atoms with Crippen LogP contribution in [0.3, 0.4) is 0 Å². The van der Waals surface area contributed by atoms with Gasteiger partial charge in [0.1, 0.15) is 0 Å². The lowest BCUT2D eigenvalue weighted by Gasteiger charge is -2.06. The van der Waals surface area contributed by atoms with E-state index in [9.17, 15) is 17.8 Å². The summed E-state index contributed by atoms with van der Waals surface area (Å²) in [5.74, 6) is -0.374. The summed E-state index contributed by atoms with van der Waals surface area (Å²) in [6, 6.07) is 0. The van der Waals surface area contributed by atoms with Crippen molar-refractivity contribution >= 4 is 28.6 Å². The molecule has 12 heteroatoms. The van der Waals surface area contributed by atoms with Crippen LogP contribution in [0.5, 0.6) is 0 Å². The molecule has 0 saturated heterocycles. The van der Waals surface area contributed by atoms with Crippen LogP contribution in [0.15, 0.2) is 17.4 Å². The van der Waals surface area contributed by atoms with Gasteiger partial charge in [0.25, 0.3) is 5.56 Å². The van der Waals surface area contributed by atoms with Crippen LogP contribution < -0.4 is 5.56 Å².